The van der Waals surface area contributed by atoms with E-state index < -0.39 is 22.0 Å². The van der Waals surface area contributed by atoms with Gasteiger partial charge in [-0.2, -0.15) is 4.72 Å². The summed E-state index contributed by atoms with van der Waals surface area (Å²) in [6.45, 7) is 4.37. The molecule has 0 spiro atoms. The van der Waals surface area contributed by atoms with E-state index in [1.165, 1.54) is 24.8 Å². The second-order valence-electron chi connectivity index (χ2n) is 9.33. The van der Waals surface area contributed by atoms with Gasteiger partial charge < -0.3 is 9.72 Å². The summed E-state index contributed by atoms with van der Waals surface area (Å²) in [6.07, 6.45) is 2.95. The second kappa shape index (κ2) is 11.5. The van der Waals surface area contributed by atoms with E-state index in [-0.39, 0.29) is 11.3 Å². The Morgan fingerprint density at radius 1 is 0.919 bits per heavy atom. The number of carbonyl (C=O) groups is 1. The van der Waals surface area contributed by atoms with Crippen LogP contribution in [0.3, 0.4) is 0 Å². The van der Waals surface area contributed by atoms with Gasteiger partial charge in [-0.1, -0.05) is 56.0 Å². The first-order chi connectivity index (χ1) is 17.7. The number of H-pyrrole nitrogens is 1. The number of methoxy groups -OCH3 is 1. The fourth-order valence-corrected chi connectivity index (χ4v) is 5.33. The van der Waals surface area contributed by atoms with E-state index in [0.29, 0.717) is 11.5 Å². The number of para-hydroxylation sites is 1. The topological polar surface area (TPSA) is 88.3 Å². The van der Waals surface area contributed by atoms with Gasteiger partial charge in [0, 0.05) is 34.6 Å². The fourth-order valence-electron chi connectivity index (χ4n) is 4.15. The van der Waals surface area contributed by atoms with Crippen molar-refractivity contribution in [1.82, 2.24) is 9.71 Å². The highest BCUT2D eigenvalue weighted by Gasteiger charge is 2.27. The molecule has 2 N–H and O–H groups in total. The lowest BCUT2D eigenvalue weighted by Crippen LogP contribution is -2.42. The molecule has 37 heavy (non-hydrogen) atoms. The summed E-state index contributed by atoms with van der Waals surface area (Å²) in [4.78, 5) is 15.6. The third-order valence-electron chi connectivity index (χ3n) is 6.00. The van der Waals surface area contributed by atoms with E-state index in [4.69, 9.17) is 4.74 Å². The molecule has 190 valence electrons. The standard InChI is InChI=1S/C30H30N2O4S/c1-21(2)18-24-12-10-22(11-13-24)8-9-23-14-16-26(17-15-23)37(34,35)32-29(30(33)36-3)19-25-20-31-28-7-5-4-6-27(25)28/h4-7,10-17,20-21,29,31-32H,18-19H2,1-3H3/t29-/m1/s1. The van der Waals surface area contributed by atoms with Gasteiger partial charge in [-0.25, -0.2) is 8.42 Å². The summed E-state index contributed by atoms with van der Waals surface area (Å²) in [7, 11) is -2.74. The molecule has 0 fully saturated rings. The number of hydrogen-bond donors (Lipinski definition) is 2. The van der Waals surface area contributed by atoms with Crippen LogP contribution < -0.4 is 4.72 Å². The minimum Gasteiger partial charge on any atom is -0.468 e. The molecule has 0 saturated carbocycles. The normalized spacial score (nSPS) is 12.2. The highest BCUT2D eigenvalue weighted by atomic mass is 32.2. The summed E-state index contributed by atoms with van der Waals surface area (Å²) < 4.78 is 33.6. The second-order valence-corrected chi connectivity index (χ2v) is 11.0. The smallest absolute Gasteiger partial charge is 0.324 e. The van der Waals surface area contributed by atoms with Crippen LogP contribution in [0.4, 0.5) is 0 Å². The first kappa shape index (κ1) is 26.2. The van der Waals surface area contributed by atoms with E-state index in [1.54, 1.807) is 18.3 Å². The van der Waals surface area contributed by atoms with Crippen molar-refractivity contribution < 1.29 is 17.9 Å². The summed E-state index contributed by atoms with van der Waals surface area (Å²) >= 11 is 0. The van der Waals surface area contributed by atoms with Crippen molar-refractivity contribution in [2.45, 2.75) is 37.6 Å². The van der Waals surface area contributed by atoms with Gasteiger partial charge in [0.25, 0.3) is 0 Å². The number of aromatic amines is 1. The molecule has 0 aliphatic heterocycles. The van der Waals surface area contributed by atoms with E-state index in [1.807, 2.05) is 36.4 Å². The Balaban J connectivity index is 1.48. The predicted octanol–water partition coefficient (Wildman–Crippen LogP) is 4.83. The maximum atomic E-state index is 13.1. The fraction of sp³-hybridized carbons (Fsp3) is 0.233. The van der Waals surface area contributed by atoms with Gasteiger partial charge in [0.15, 0.2) is 0 Å². The lowest BCUT2D eigenvalue weighted by Gasteiger charge is -2.16. The maximum absolute atomic E-state index is 13.1. The van der Waals surface area contributed by atoms with Crippen LogP contribution in [0.1, 0.15) is 36.1 Å². The van der Waals surface area contributed by atoms with Crippen LogP contribution in [0.5, 0.6) is 0 Å². The Labute approximate surface area is 218 Å². The van der Waals surface area contributed by atoms with Crippen molar-refractivity contribution in [3.05, 3.63) is 101 Å². The molecular weight excluding hydrogens is 484 g/mol. The van der Waals surface area contributed by atoms with Crippen LogP contribution in [0.2, 0.25) is 0 Å². The average Bonchev–Trinajstić information content (AvgIpc) is 3.30. The molecule has 4 rings (SSSR count). The van der Waals surface area contributed by atoms with Gasteiger partial charge in [0.1, 0.15) is 6.04 Å². The van der Waals surface area contributed by atoms with Crippen molar-refractivity contribution in [3.8, 4) is 11.8 Å². The molecule has 0 radical (unpaired) electrons. The zero-order valence-electron chi connectivity index (χ0n) is 21.1. The third kappa shape index (κ3) is 6.67. The van der Waals surface area contributed by atoms with Crippen molar-refractivity contribution in [2.75, 3.05) is 7.11 Å². The van der Waals surface area contributed by atoms with Crippen molar-refractivity contribution in [3.63, 3.8) is 0 Å². The van der Waals surface area contributed by atoms with Gasteiger partial charge in [0.05, 0.1) is 12.0 Å². The lowest BCUT2D eigenvalue weighted by atomic mass is 10.0. The minimum absolute atomic E-state index is 0.0453. The van der Waals surface area contributed by atoms with Gasteiger partial charge >= 0.3 is 5.97 Å². The van der Waals surface area contributed by atoms with Crippen LogP contribution in [-0.4, -0.2) is 32.5 Å². The molecule has 1 heterocycles. The number of esters is 1. The Bertz CT molecular complexity index is 1540. The van der Waals surface area contributed by atoms with Gasteiger partial charge in [-0.3, -0.25) is 4.79 Å². The quantitative estimate of drug-likeness (QED) is 0.260. The first-order valence-electron chi connectivity index (χ1n) is 12.1. The van der Waals surface area contributed by atoms with Crippen molar-refractivity contribution in [1.29, 1.82) is 0 Å². The van der Waals surface area contributed by atoms with Crippen LogP contribution in [0.15, 0.2) is 83.9 Å². The molecule has 4 aromatic rings. The number of rotatable bonds is 8. The van der Waals surface area contributed by atoms with Crippen LogP contribution in [0.25, 0.3) is 10.9 Å². The molecule has 1 aromatic heterocycles. The number of fused-ring (bicyclic) bond motifs is 1. The van der Waals surface area contributed by atoms with Gasteiger partial charge in [-0.15, -0.1) is 0 Å². The highest BCUT2D eigenvalue weighted by Crippen LogP contribution is 2.20. The molecule has 0 unspecified atom stereocenters. The number of nitrogens with one attached hydrogen (secondary N) is 2. The van der Waals surface area contributed by atoms with E-state index >= 15 is 0 Å². The number of sulfonamides is 1. The molecule has 6 nitrogen and oxygen atoms in total. The monoisotopic (exact) mass is 514 g/mol. The van der Waals surface area contributed by atoms with E-state index in [0.717, 1.165) is 28.5 Å². The van der Waals surface area contributed by atoms with Crippen LogP contribution in [-0.2, 0) is 32.4 Å². The number of benzene rings is 3. The maximum Gasteiger partial charge on any atom is 0.324 e. The molecule has 0 aliphatic carbocycles. The lowest BCUT2D eigenvalue weighted by molar-refractivity contribution is -0.142. The zero-order valence-corrected chi connectivity index (χ0v) is 21.9. The minimum atomic E-state index is -3.98. The molecule has 0 amide bonds. The SMILES string of the molecule is COC(=O)[C@@H](Cc1c[nH]c2ccccc12)NS(=O)(=O)c1ccc(C#Cc2ccc(CC(C)C)cc2)cc1. The Morgan fingerprint density at radius 2 is 1.54 bits per heavy atom. The van der Waals surface area contributed by atoms with Gasteiger partial charge in [0.2, 0.25) is 10.0 Å². The Hall–Kier alpha value is -3.86. The largest absolute Gasteiger partial charge is 0.468 e. The van der Waals surface area contributed by atoms with Crippen LogP contribution in [0, 0.1) is 17.8 Å². The first-order valence-corrected chi connectivity index (χ1v) is 13.6. The Morgan fingerprint density at radius 3 is 2.16 bits per heavy atom. The predicted molar refractivity (Wildman–Crippen MR) is 146 cm³/mol. The van der Waals surface area contributed by atoms with E-state index in [9.17, 15) is 13.2 Å². The summed E-state index contributed by atoms with van der Waals surface area (Å²) in [5.74, 6) is 6.12. The number of ether oxygens (including phenoxy) is 1. The molecular formula is C30H30N2O4S. The molecule has 0 aliphatic rings. The molecule has 1 atom stereocenters. The highest BCUT2D eigenvalue weighted by molar-refractivity contribution is 7.89. The van der Waals surface area contributed by atoms with Crippen LogP contribution >= 0.6 is 0 Å². The summed E-state index contributed by atoms with van der Waals surface area (Å²) in [5, 5.41) is 0.924. The van der Waals surface area contributed by atoms with Crippen molar-refractivity contribution >= 4 is 26.9 Å². The number of carbonyl (C=O) groups excluding carboxylic acids is 1. The molecule has 0 bridgehead atoms. The Kier molecular flexibility index (Phi) is 8.12. The van der Waals surface area contributed by atoms with Crippen molar-refractivity contribution in [2.24, 2.45) is 5.92 Å². The third-order valence-corrected chi connectivity index (χ3v) is 7.48. The molecule has 7 heteroatoms. The molecule has 3 aromatic carbocycles. The zero-order chi connectivity index (χ0) is 26.4. The summed E-state index contributed by atoms with van der Waals surface area (Å²) in [6, 6.07) is 21.0. The number of hydrogen-bond acceptors (Lipinski definition) is 4. The molecule has 0 saturated heterocycles. The number of aromatic nitrogens is 1. The summed E-state index contributed by atoms with van der Waals surface area (Å²) in [5.41, 5.74) is 4.58. The average molecular weight is 515 g/mol. The van der Waals surface area contributed by atoms with E-state index in [2.05, 4.69) is 47.5 Å². The van der Waals surface area contributed by atoms with Gasteiger partial charge in [-0.05, 0) is 65.9 Å².